The highest BCUT2D eigenvalue weighted by Crippen LogP contribution is 2.43. The van der Waals surface area contributed by atoms with E-state index in [1.54, 1.807) is 18.2 Å². The lowest BCUT2D eigenvalue weighted by Crippen LogP contribution is -2.51. The SMILES string of the molecule is O=C1C2=CCC[C@@]1(O)C1=C=CC=C=C1[C@@H]2O. The van der Waals surface area contributed by atoms with Gasteiger partial charge in [0.05, 0.1) is 0 Å². The Morgan fingerprint density at radius 2 is 2.12 bits per heavy atom. The average Bonchev–Trinajstić information content (AvgIpc) is 2.30. The summed E-state index contributed by atoms with van der Waals surface area (Å²) in [6, 6.07) is 0. The largest absolute Gasteiger partial charge is 0.383 e. The van der Waals surface area contributed by atoms with Crippen molar-refractivity contribution in [2.45, 2.75) is 24.5 Å². The summed E-state index contributed by atoms with van der Waals surface area (Å²) >= 11 is 0. The molecule has 16 heavy (non-hydrogen) atoms. The van der Waals surface area contributed by atoms with E-state index in [1.807, 2.05) is 0 Å². The maximum atomic E-state index is 12.0. The Labute approximate surface area is 92.4 Å². The summed E-state index contributed by atoms with van der Waals surface area (Å²) in [6.45, 7) is 0. The van der Waals surface area contributed by atoms with Gasteiger partial charge in [-0.3, -0.25) is 4.79 Å². The van der Waals surface area contributed by atoms with Gasteiger partial charge in [-0.15, -0.1) is 11.5 Å². The monoisotopic (exact) mass is 214 g/mol. The Hall–Kier alpha value is -1.63. The molecule has 0 aromatic carbocycles. The zero-order valence-electron chi connectivity index (χ0n) is 8.53. The van der Waals surface area contributed by atoms with Gasteiger partial charge in [-0.1, -0.05) is 6.08 Å². The van der Waals surface area contributed by atoms with E-state index >= 15 is 0 Å². The summed E-state index contributed by atoms with van der Waals surface area (Å²) < 4.78 is 0. The maximum Gasteiger partial charge on any atom is 0.198 e. The molecule has 3 aliphatic carbocycles. The lowest BCUT2D eigenvalue weighted by molar-refractivity contribution is -0.133. The van der Waals surface area contributed by atoms with E-state index < -0.39 is 17.5 Å². The maximum absolute atomic E-state index is 12.0. The molecule has 2 atom stereocenters. The molecule has 0 saturated heterocycles. The number of carbonyl (C=O) groups is 1. The molecule has 0 aromatic heterocycles. The van der Waals surface area contributed by atoms with Crippen LogP contribution in [0.1, 0.15) is 12.8 Å². The first-order valence-corrected chi connectivity index (χ1v) is 5.22. The number of fused-ring (bicyclic) bond motifs is 4. The predicted octanol–water partition coefficient (Wildman–Crippen LogP) is 0.558. The third-order valence-electron chi connectivity index (χ3n) is 3.31. The number of carbonyl (C=O) groups excluding carboxylic acids is 1. The molecular weight excluding hydrogens is 204 g/mol. The van der Waals surface area contributed by atoms with E-state index in [1.165, 1.54) is 0 Å². The quantitative estimate of drug-likeness (QED) is 0.579. The molecule has 0 aromatic rings. The highest BCUT2D eigenvalue weighted by Gasteiger charge is 2.51. The zero-order valence-corrected chi connectivity index (χ0v) is 8.53. The second-order valence-corrected chi connectivity index (χ2v) is 4.20. The number of rotatable bonds is 0. The van der Waals surface area contributed by atoms with Crippen LogP contribution in [-0.4, -0.2) is 27.7 Å². The van der Waals surface area contributed by atoms with Crippen LogP contribution >= 0.6 is 0 Å². The molecule has 0 amide bonds. The molecule has 0 heterocycles. The van der Waals surface area contributed by atoms with Gasteiger partial charge in [-0.05, 0) is 25.0 Å². The van der Waals surface area contributed by atoms with Crippen LogP contribution in [0.4, 0.5) is 0 Å². The standard InChI is InChI=1S/C13H10O3/c14-11-8-4-1-2-6-10(8)13(16)7-3-5-9(11)12(13)15/h1-2,5,11,14,16H,3,7H2/t11-,13+/m0/s1. The van der Waals surface area contributed by atoms with Crippen LogP contribution in [0.3, 0.4) is 0 Å². The Bertz CT molecular complexity index is 552. The summed E-state index contributed by atoms with van der Waals surface area (Å²) in [5.74, 6) is -0.394. The fraction of sp³-hybridized carbons (Fsp3) is 0.308. The Morgan fingerprint density at radius 1 is 1.38 bits per heavy atom. The smallest absolute Gasteiger partial charge is 0.198 e. The number of allylic oxidation sites excluding steroid dienone is 1. The van der Waals surface area contributed by atoms with Gasteiger partial charge < -0.3 is 10.2 Å². The van der Waals surface area contributed by atoms with Gasteiger partial charge in [0, 0.05) is 16.7 Å². The Balaban J connectivity index is 2.31. The Kier molecular flexibility index (Phi) is 1.76. The van der Waals surface area contributed by atoms with Gasteiger partial charge in [0.15, 0.2) is 11.4 Å². The van der Waals surface area contributed by atoms with E-state index in [9.17, 15) is 15.0 Å². The van der Waals surface area contributed by atoms with Gasteiger partial charge >= 0.3 is 0 Å². The highest BCUT2D eigenvalue weighted by molar-refractivity contribution is 6.09. The molecule has 2 N–H and O–H groups in total. The molecule has 3 nitrogen and oxygen atoms in total. The lowest BCUT2D eigenvalue weighted by atomic mass is 9.67. The third kappa shape index (κ3) is 0.981. The molecule has 2 bridgehead atoms. The van der Waals surface area contributed by atoms with Gasteiger partial charge in [0.1, 0.15) is 6.10 Å². The van der Waals surface area contributed by atoms with Crippen molar-refractivity contribution in [2.75, 3.05) is 0 Å². The average molecular weight is 214 g/mol. The predicted molar refractivity (Wildman–Crippen MR) is 56.5 cm³/mol. The molecule has 3 heteroatoms. The molecule has 3 rings (SSSR count). The van der Waals surface area contributed by atoms with E-state index in [4.69, 9.17) is 0 Å². The third-order valence-corrected chi connectivity index (χ3v) is 3.31. The minimum atomic E-state index is -1.50. The van der Waals surface area contributed by atoms with Crippen LogP contribution in [0.25, 0.3) is 0 Å². The molecule has 1 fully saturated rings. The van der Waals surface area contributed by atoms with Crippen LogP contribution in [0.15, 0.2) is 46.4 Å². The number of hydrogen-bond acceptors (Lipinski definition) is 3. The number of Topliss-reactive ketones (excluding diaryl/α,β-unsaturated/α-hetero) is 1. The molecule has 3 aliphatic rings. The van der Waals surface area contributed by atoms with Crippen molar-refractivity contribution in [1.29, 1.82) is 0 Å². The molecule has 1 saturated carbocycles. The number of hydrogen-bond donors (Lipinski definition) is 2. The first kappa shape index (κ1) is 9.59. The number of ketones is 1. The number of aliphatic hydroxyl groups is 2. The number of aliphatic hydroxyl groups excluding tert-OH is 1. The van der Waals surface area contributed by atoms with Crippen molar-refractivity contribution >= 4 is 5.78 Å². The lowest BCUT2D eigenvalue weighted by Gasteiger charge is -2.39. The van der Waals surface area contributed by atoms with Crippen molar-refractivity contribution in [3.05, 3.63) is 46.4 Å². The van der Waals surface area contributed by atoms with Gasteiger partial charge in [0.2, 0.25) is 0 Å². The van der Waals surface area contributed by atoms with E-state index in [-0.39, 0.29) is 5.57 Å². The molecular formula is C13H10O3. The Morgan fingerprint density at radius 3 is 2.94 bits per heavy atom. The van der Waals surface area contributed by atoms with Crippen LogP contribution in [0.2, 0.25) is 0 Å². The summed E-state index contributed by atoms with van der Waals surface area (Å²) in [7, 11) is 0. The van der Waals surface area contributed by atoms with E-state index in [0.717, 1.165) is 0 Å². The molecule has 0 unspecified atom stereocenters. The summed E-state index contributed by atoms with van der Waals surface area (Å²) in [6.07, 6.45) is 4.89. The topological polar surface area (TPSA) is 57.5 Å². The first-order chi connectivity index (χ1) is 7.64. The zero-order chi connectivity index (χ0) is 11.3. The van der Waals surface area contributed by atoms with E-state index in [2.05, 4.69) is 11.5 Å². The summed E-state index contributed by atoms with van der Waals surface area (Å²) in [4.78, 5) is 12.0. The fourth-order valence-electron chi connectivity index (χ4n) is 2.48. The summed E-state index contributed by atoms with van der Waals surface area (Å²) in [5, 5.41) is 20.4. The second kappa shape index (κ2) is 2.94. The minimum absolute atomic E-state index is 0.289. The van der Waals surface area contributed by atoms with Crippen LogP contribution < -0.4 is 0 Å². The van der Waals surface area contributed by atoms with Crippen molar-refractivity contribution in [2.24, 2.45) is 0 Å². The first-order valence-electron chi connectivity index (χ1n) is 5.22. The van der Waals surface area contributed by atoms with Gasteiger partial charge in [-0.25, -0.2) is 0 Å². The van der Waals surface area contributed by atoms with Crippen molar-refractivity contribution in [3.8, 4) is 0 Å². The summed E-state index contributed by atoms with van der Waals surface area (Å²) in [5.41, 5.74) is 5.37. The van der Waals surface area contributed by atoms with Crippen molar-refractivity contribution in [1.82, 2.24) is 0 Å². The van der Waals surface area contributed by atoms with Crippen LogP contribution in [0.5, 0.6) is 0 Å². The molecule has 0 spiro atoms. The van der Waals surface area contributed by atoms with Gasteiger partial charge in [-0.2, -0.15) is 0 Å². The molecule has 0 aliphatic heterocycles. The normalized spacial score (nSPS) is 35.2. The van der Waals surface area contributed by atoms with Crippen LogP contribution in [0, 0.1) is 0 Å². The van der Waals surface area contributed by atoms with Crippen molar-refractivity contribution in [3.63, 3.8) is 0 Å². The fourth-order valence-corrected chi connectivity index (χ4v) is 2.48. The van der Waals surface area contributed by atoms with Crippen LogP contribution in [-0.2, 0) is 4.79 Å². The highest BCUT2D eigenvalue weighted by atomic mass is 16.3. The van der Waals surface area contributed by atoms with E-state index in [0.29, 0.717) is 24.0 Å². The molecule has 80 valence electrons. The second-order valence-electron chi connectivity index (χ2n) is 4.20. The van der Waals surface area contributed by atoms with Crippen molar-refractivity contribution < 1.29 is 15.0 Å². The molecule has 0 radical (unpaired) electrons. The minimum Gasteiger partial charge on any atom is -0.383 e. The van der Waals surface area contributed by atoms with Gasteiger partial charge in [0.25, 0.3) is 0 Å².